The maximum absolute atomic E-state index is 12.0. The molecule has 2 saturated heterocycles. The number of nitrogens with zero attached hydrogens (tertiary/aromatic N) is 2. The molecule has 24 heavy (non-hydrogen) atoms. The number of pyridine rings is 1. The molecule has 6 nitrogen and oxygen atoms in total. The van der Waals surface area contributed by atoms with Crippen LogP contribution in [0.1, 0.15) is 49.5 Å². The van der Waals surface area contributed by atoms with Gasteiger partial charge in [0.25, 0.3) is 5.91 Å². The Bertz CT molecular complexity index is 531. The van der Waals surface area contributed by atoms with E-state index in [0.29, 0.717) is 25.5 Å². The maximum atomic E-state index is 12.0. The highest BCUT2D eigenvalue weighted by Gasteiger charge is 2.39. The number of amides is 1. The topological polar surface area (TPSA) is 63.7 Å². The maximum Gasteiger partial charge on any atom is 0.269 e. The molecule has 0 atom stereocenters. The molecule has 1 aromatic rings. The van der Waals surface area contributed by atoms with Crippen LogP contribution in [0.2, 0.25) is 0 Å². The second kappa shape index (κ2) is 7.94. The average molecular weight is 333 g/mol. The van der Waals surface area contributed by atoms with Crippen LogP contribution in [0.4, 0.5) is 5.69 Å². The Morgan fingerprint density at radius 1 is 1.25 bits per heavy atom. The molecule has 1 aromatic heterocycles. The lowest BCUT2D eigenvalue weighted by atomic mass is 10.0. The Labute approximate surface area is 143 Å². The Hall–Kier alpha value is -1.66. The van der Waals surface area contributed by atoms with Gasteiger partial charge in [-0.25, -0.2) is 4.98 Å². The van der Waals surface area contributed by atoms with Crippen LogP contribution in [-0.4, -0.2) is 49.5 Å². The fraction of sp³-hybridized carbons (Fsp3) is 0.667. The zero-order chi connectivity index (χ0) is 16.8. The number of nitrogens with one attached hydrogen (secondary N) is 1. The molecule has 6 heteroatoms. The number of carbonyl (C=O) groups is 1. The SMILES string of the molecule is CCCCCNC(=O)c1ccc(N2CCC3(CC2)OCCO3)cn1. The van der Waals surface area contributed by atoms with Crippen LogP contribution in [-0.2, 0) is 9.47 Å². The van der Waals surface area contributed by atoms with Crippen molar-refractivity contribution >= 4 is 11.6 Å². The fourth-order valence-corrected chi connectivity index (χ4v) is 3.27. The molecular weight excluding hydrogens is 306 g/mol. The van der Waals surface area contributed by atoms with Crippen molar-refractivity contribution < 1.29 is 14.3 Å². The zero-order valence-corrected chi connectivity index (χ0v) is 14.4. The molecule has 2 aliphatic heterocycles. The number of anilines is 1. The first-order valence-electron chi connectivity index (χ1n) is 8.99. The summed E-state index contributed by atoms with van der Waals surface area (Å²) in [5, 5.41) is 2.92. The summed E-state index contributed by atoms with van der Waals surface area (Å²) in [6, 6.07) is 3.78. The monoisotopic (exact) mass is 333 g/mol. The van der Waals surface area contributed by atoms with Gasteiger partial charge < -0.3 is 19.7 Å². The summed E-state index contributed by atoms with van der Waals surface area (Å²) in [6.45, 7) is 6.02. The van der Waals surface area contributed by atoms with E-state index in [1.54, 1.807) is 12.3 Å². The van der Waals surface area contributed by atoms with Crippen LogP contribution >= 0.6 is 0 Å². The smallest absolute Gasteiger partial charge is 0.269 e. The number of unbranched alkanes of at least 4 members (excludes halogenated alkanes) is 2. The van der Waals surface area contributed by atoms with Crippen LogP contribution in [0.5, 0.6) is 0 Å². The quantitative estimate of drug-likeness (QED) is 0.810. The summed E-state index contributed by atoms with van der Waals surface area (Å²) >= 11 is 0. The minimum absolute atomic E-state index is 0.0944. The highest BCUT2D eigenvalue weighted by atomic mass is 16.7. The molecule has 1 amide bonds. The summed E-state index contributed by atoms with van der Waals surface area (Å²) in [5.41, 5.74) is 1.52. The van der Waals surface area contributed by atoms with E-state index >= 15 is 0 Å². The second-order valence-corrected chi connectivity index (χ2v) is 6.46. The van der Waals surface area contributed by atoms with Crippen molar-refractivity contribution in [2.75, 3.05) is 37.7 Å². The van der Waals surface area contributed by atoms with Crippen LogP contribution in [0.3, 0.4) is 0 Å². The van der Waals surface area contributed by atoms with Gasteiger partial charge >= 0.3 is 0 Å². The van der Waals surface area contributed by atoms with E-state index in [1.165, 1.54) is 0 Å². The molecule has 3 heterocycles. The van der Waals surface area contributed by atoms with Gasteiger partial charge in [-0.1, -0.05) is 19.8 Å². The first-order chi connectivity index (χ1) is 11.7. The van der Waals surface area contributed by atoms with E-state index in [4.69, 9.17) is 9.47 Å². The van der Waals surface area contributed by atoms with Crippen LogP contribution < -0.4 is 10.2 Å². The van der Waals surface area contributed by atoms with Gasteiger partial charge in [0.1, 0.15) is 5.69 Å². The lowest BCUT2D eigenvalue weighted by Crippen LogP contribution is -2.45. The summed E-state index contributed by atoms with van der Waals surface area (Å²) in [5.74, 6) is -0.453. The molecule has 0 unspecified atom stereocenters. The summed E-state index contributed by atoms with van der Waals surface area (Å²) in [6.07, 6.45) is 6.82. The van der Waals surface area contributed by atoms with E-state index in [2.05, 4.69) is 22.1 Å². The molecule has 2 aliphatic rings. The Morgan fingerprint density at radius 2 is 2.00 bits per heavy atom. The van der Waals surface area contributed by atoms with Crippen molar-refractivity contribution in [3.63, 3.8) is 0 Å². The fourth-order valence-electron chi connectivity index (χ4n) is 3.27. The molecule has 132 valence electrons. The summed E-state index contributed by atoms with van der Waals surface area (Å²) in [7, 11) is 0. The molecule has 1 spiro atoms. The third-order valence-corrected chi connectivity index (χ3v) is 4.75. The van der Waals surface area contributed by atoms with Crippen LogP contribution in [0, 0.1) is 0 Å². The predicted octanol–water partition coefficient (Wildman–Crippen LogP) is 2.34. The summed E-state index contributed by atoms with van der Waals surface area (Å²) in [4.78, 5) is 18.6. The lowest BCUT2D eigenvalue weighted by Gasteiger charge is -2.38. The average Bonchev–Trinajstić information content (AvgIpc) is 3.07. The molecule has 0 aromatic carbocycles. The molecular formula is C18H27N3O3. The van der Waals surface area contributed by atoms with Crippen molar-refractivity contribution in [2.24, 2.45) is 0 Å². The van der Waals surface area contributed by atoms with E-state index < -0.39 is 0 Å². The number of piperidine rings is 1. The molecule has 3 rings (SSSR count). The number of aromatic nitrogens is 1. The van der Waals surface area contributed by atoms with Gasteiger partial charge in [0.05, 0.1) is 25.1 Å². The van der Waals surface area contributed by atoms with Gasteiger partial charge in [0.2, 0.25) is 0 Å². The van der Waals surface area contributed by atoms with Gasteiger partial charge in [0.15, 0.2) is 5.79 Å². The molecule has 0 saturated carbocycles. The van der Waals surface area contributed by atoms with Crippen LogP contribution in [0.25, 0.3) is 0 Å². The second-order valence-electron chi connectivity index (χ2n) is 6.46. The standard InChI is InChI=1S/C18H27N3O3/c1-2-3-4-9-19-17(22)16-6-5-15(14-20-16)21-10-7-18(8-11-21)23-12-13-24-18/h5-6,14H,2-4,7-13H2,1H3,(H,19,22). The molecule has 1 N–H and O–H groups in total. The highest BCUT2D eigenvalue weighted by Crippen LogP contribution is 2.32. The molecule has 2 fully saturated rings. The van der Waals surface area contributed by atoms with Gasteiger partial charge in [0, 0.05) is 32.5 Å². The lowest BCUT2D eigenvalue weighted by molar-refractivity contribution is -0.169. The Kier molecular flexibility index (Phi) is 5.68. The largest absolute Gasteiger partial charge is 0.370 e. The zero-order valence-electron chi connectivity index (χ0n) is 14.4. The molecule has 0 radical (unpaired) electrons. The Balaban J connectivity index is 1.50. The number of hydrogen-bond acceptors (Lipinski definition) is 5. The van der Waals surface area contributed by atoms with E-state index in [9.17, 15) is 4.79 Å². The number of rotatable bonds is 6. The van der Waals surface area contributed by atoms with E-state index in [1.807, 2.05) is 6.07 Å². The number of hydrogen-bond donors (Lipinski definition) is 1. The van der Waals surface area contributed by atoms with Gasteiger partial charge in [-0.15, -0.1) is 0 Å². The third-order valence-electron chi connectivity index (χ3n) is 4.75. The Morgan fingerprint density at radius 3 is 2.62 bits per heavy atom. The normalized spacial score (nSPS) is 19.6. The number of ether oxygens (including phenoxy) is 2. The molecule has 0 aliphatic carbocycles. The van der Waals surface area contributed by atoms with Crippen molar-refractivity contribution in [1.82, 2.24) is 10.3 Å². The molecule has 0 bridgehead atoms. The van der Waals surface area contributed by atoms with Crippen molar-refractivity contribution in [3.05, 3.63) is 24.0 Å². The van der Waals surface area contributed by atoms with E-state index in [0.717, 1.165) is 50.9 Å². The minimum Gasteiger partial charge on any atom is -0.370 e. The highest BCUT2D eigenvalue weighted by molar-refractivity contribution is 5.92. The third kappa shape index (κ3) is 4.05. The first kappa shape index (κ1) is 17.2. The minimum atomic E-state index is -0.359. The number of carbonyl (C=O) groups excluding carboxylic acids is 1. The van der Waals surface area contributed by atoms with Crippen LogP contribution in [0.15, 0.2) is 18.3 Å². The van der Waals surface area contributed by atoms with Crippen molar-refractivity contribution in [1.29, 1.82) is 0 Å². The van der Waals surface area contributed by atoms with Gasteiger partial charge in [-0.3, -0.25) is 4.79 Å². The van der Waals surface area contributed by atoms with E-state index in [-0.39, 0.29) is 11.7 Å². The van der Waals surface area contributed by atoms with Crippen molar-refractivity contribution in [2.45, 2.75) is 44.8 Å². The van der Waals surface area contributed by atoms with Gasteiger partial charge in [-0.2, -0.15) is 0 Å². The first-order valence-corrected chi connectivity index (χ1v) is 8.99. The van der Waals surface area contributed by atoms with Gasteiger partial charge in [-0.05, 0) is 18.6 Å². The summed E-state index contributed by atoms with van der Waals surface area (Å²) < 4.78 is 11.5. The van der Waals surface area contributed by atoms with Crippen molar-refractivity contribution in [3.8, 4) is 0 Å². The predicted molar refractivity (Wildman–Crippen MR) is 92.2 cm³/mol.